The van der Waals surface area contributed by atoms with Crippen molar-refractivity contribution in [1.82, 2.24) is 5.32 Å². The molecular formula is C18H22ClFN2OS. The number of nitrogens with one attached hydrogen (secondary N) is 1. The molecule has 1 unspecified atom stereocenters. The number of hydrogen-bond donors (Lipinski definition) is 2. The first-order chi connectivity index (χ1) is 10.9. The number of carbonyl (C=O) groups excluding carboxylic acids is 1. The van der Waals surface area contributed by atoms with Gasteiger partial charge in [-0.15, -0.1) is 23.7 Å². The largest absolute Gasteiger partial charge is 0.345 e. The third-order valence-corrected chi connectivity index (χ3v) is 5.83. The molecule has 2 aromatic rings. The van der Waals surface area contributed by atoms with Crippen LogP contribution in [-0.4, -0.2) is 18.0 Å². The van der Waals surface area contributed by atoms with Gasteiger partial charge in [0.05, 0.1) is 10.4 Å². The van der Waals surface area contributed by atoms with Gasteiger partial charge in [-0.3, -0.25) is 4.79 Å². The molecule has 0 saturated heterocycles. The molecule has 1 fully saturated rings. The van der Waals surface area contributed by atoms with E-state index in [-0.39, 0.29) is 29.7 Å². The Morgan fingerprint density at radius 2 is 2.00 bits per heavy atom. The number of thiophene rings is 1. The zero-order valence-electron chi connectivity index (χ0n) is 13.8. The Hall–Kier alpha value is -1.43. The van der Waals surface area contributed by atoms with Crippen LogP contribution in [0.25, 0.3) is 10.4 Å². The van der Waals surface area contributed by atoms with E-state index in [1.165, 1.54) is 23.5 Å². The molecule has 1 heterocycles. The second kappa shape index (κ2) is 7.21. The maximum atomic E-state index is 13.1. The summed E-state index contributed by atoms with van der Waals surface area (Å²) in [6, 6.07) is 8.25. The lowest BCUT2D eigenvalue weighted by Crippen LogP contribution is -2.53. The number of halogens is 2. The molecule has 1 aromatic carbocycles. The van der Waals surface area contributed by atoms with Crippen LogP contribution in [0, 0.1) is 18.7 Å². The van der Waals surface area contributed by atoms with Gasteiger partial charge in [0.15, 0.2) is 0 Å². The molecule has 1 aromatic heterocycles. The highest BCUT2D eigenvalue weighted by Crippen LogP contribution is 2.39. The van der Waals surface area contributed by atoms with E-state index in [4.69, 9.17) is 5.73 Å². The van der Waals surface area contributed by atoms with E-state index in [0.717, 1.165) is 28.8 Å². The van der Waals surface area contributed by atoms with Gasteiger partial charge in [-0.2, -0.15) is 0 Å². The van der Waals surface area contributed by atoms with Gasteiger partial charge in [0.1, 0.15) is 5.82 Å². The highest BCUT2D eigenvalue weighted by molar-refractivity contribution is 7.17. The minimum atomic E-state index is -0.328. The molecular weight excluding hydrogens is 347 g/mol. The molecule has 0 aliphatic heterocycles. The molecule has 1 aliphatic rings. The van der Waals surface area contributed by atoms with Gasteiger partial charge in [-0.25, -0.2) is 4.39 Å². The Kier molecular flexibility index (Phi) is 5.68. The second-order valence-electron chi connectivity index (χ2n) is 6.48. The molecule has 1 saturated carbocycles. The first kappa shape index (κ1) is 18.9. The second-order valence-corrected chi connectivity index (χ2v) is 7.53. The summed E-state index contributed by atoms with van der Waals surface area (Å²) in [4.78, 5) is 14.3. The van der Waals surface area contributed by atoms with Crippen LogP contribution >= 0.6 is 23.7 Å². The maximum absolute atomic E-state index is 13.1. The summed E-state index contributed by atoms with van der Waals surface area (Å²) in [5.41, 5.74) is 7.49. The van der Waals surface area contributed by atoms with Gasteiger partial charge in [0, 0.05) is 11.4 Å². The third kappa shape index (κ3) is 3.79. The predicted molar refractivity (Wildman–Crippen MR) is 99.3 cm³/mol. The Labute approximate surface area is 151 Å². The van der Waals surface area contributed by atoms with E-state index in [0.29, 0.717) is 17.3 Å². The fraction of sp³-hybridized carbons (Fsp3) is 0.389. The lowest BCUT2D eigenvalue weighted by molar-refractivity contribution is 0.0902. The molecule has 130 valence electrons. The molecule has 6 heteroatoms. The quantitative estimate of drug-likeness (QED) is 0.833. The van der Waals surface area contributed by atoms with Crippen molar-refractivity contribution >= 4 is 29.7 Å². The average molecular weight is 369 g/mol. The predicted octanol–water partition coefficient (Wildman–Crippen LogP) is 4.14. The SMILES string of the molecule is Cc1cc(C(=O)NC(C)(CN)C2CC2)sc1-c1ccc(F)cc1.Cl. The Morgan fingerprint density at radius 1 is 1.38 bits per heavy atom. The van der Waals surface area contributed by atoms with Crippen molar-refractivity contribution in [3.63, 3.8) is 0 Å². The fourth-order valence-electron chi connectivity index (χ4n) is 2.84. The van der Waals surface area contributed by atoms with Crippen LogP contribution in [-0.2, 0) is 0 Å². The van der Waals surface area contributed by atoms with Crippen molar-refractivity contribution in [2.24, 2.45) is 11.7 Å². The van der Waals surface area contributed by atoms with Crippen molar-refractivity contribution < 1.29 is 9.18 Å². The summed E-state index contributed by atoms with van der Waals surface area (Å²) in [5.74, 6) is 0.143. The summed E-state index contributed by atoms with van der Waals surface area (Å²) < 4.78 is 13.1. The Morgan fingerprint density at radius 3 is 2.54 bits per heavy atom. The summed E-state index contributed by atoms with van der Waals surface area (Å²) in [7, 11) is 0. The van der Waals surface area contributed by atoms with Crippen molar-refractivity contribution in [3.8, 4) is 10.4 Å². The molecule has 3 nitrogen and oxygen atoms in total. The molecule has 0 bridgehead atoms. The van der Waals surface area contributed by atoms with Crippen molar-refractivity contribution in [2.45, 2.75) is 32.2 Å². The molecule has 3 N–H and O–H groups in total. The zero-order valence-corrected chi connectivity index (χ0v) is 15.4. The van der Waals surface area contributed by atoms with E-state index < -0.39 is 0 Å². The van der Waals surface area contributed by atoms with E-state index in [9.17, 15) is 9.18 Å². The van der Waals surface area contributed by atoms with E-state index in [1.807, 2.05) is 19.9 Å². The third-order valence-electron chi connectivity index (χ3n) is 4.55. The lowest BCUT2D eigenvalue weighted by Gasteiger charge is -2.29. The van der Waals surface area contributed by atoms with Crippen LogP contribution < -0.4 is 11.1 Å². The van der Waals surface area contributed by atoms with E-state index >= 15 is 0 Å². The van der Waals surface area contributed by atoms with Crippen LogP contribution in [0.2, 0.25) is 0 Å². The van der Waals surface area contributed by atoms with Crippen LogP contribution in [0.3, 0.4) is 0 Å². The fourth-order valence-corrected chi connectivity index (χ4v) is 3.92. The van der Waals surface area contributed by atoms with Crippen LogP contribution in [0.1, 0.15) is 35.0 Å². The number of carbonyl (C=O) groups is 1. The van der Waals surface area contributed by atoms with Crippen LogP contribution in [0.15, 0.2) is 30.3 Å². The first-order valence-electron chi connectivity index (χ1n) is 7.82. The number of hydrogen-bond acceptors (Lipinski definition) is 3. The van der Waals surface area contributed by atoms with Gasteiger partial charge in [0.2, 0.25) is 0 Å². The number of amides is 1. The van der Waals surface area contributed by atoms with E-state index in [2.05, 4.69) is 5.32 Å². The first-order valence-corrected chi connectivity index (χ1v) is 8.63. The number of aryl methyl sites for hydroxylation is 1. The van der Waals surface area contributed by atoms with Gasteiger partial charge >= 0.3 is 0 Å². The molecule has 0 spiro atoms. The van der Waals surface area contributed by atoms with Crippen LogP contribution in [0.5, 0.6) is 0 Å². The molecule has 1 atom stereocenters. The normalized spacial score (nSPS) is 16.2. The van der Waals surface area contributed by atoms with Gasteiger partial charge < -0.3 is 11.1 Å². The Balaban J connectivity index is 0.00000208. The zero-order chi connectivity index (χ0) is 16.6. The van der Waals surface area contributed by atoms with Crippen molar-refractivity contribution in [3.05, 3.63) is 46.6 Å². The van der Waals surface area contributed by atoms with Gasteiger partial charge in [0.25, 0.3) is 5.91 Å². The van der Waals surface area contributed by atoms with Crippen LogP contribution in [0.4, 0.5) is 4.39 Å². The summed E-state index contributed by atoms with van der Waals surface area (Å²) in [5, 5.41) is 3.11. The maximum Gasteiger partial charge on any atom is 0.261 e. The molecule has 24 heavy (non-hydrogen) atoms. The number of nitrogens with two attached hydrogens (primary N) is 1. The standard InChI is InChI=1S/C18H21FN2OS.ClH/c1-11-9-15(17(22)21-18(2,10-20)13-5-6-13)23-16(11)12-3-7-14(19)8-4-12;/h3-4,7-9,13H,5-6,10,20H2,1-2H3,(H,21,22);1H. The smallest absolute Gasteiger partial charge is 0.261 e. The summed E-state index contributed by atoms with van der Waals surface area (Å²) >= 11 is 1.43. The molecule has 1 aliphatic carbocycles. The van der Waals surface area contributed by atoms with Gasteiger partial charge in [-0.1, -0.05) is 12.1 Å². The Bertz CT molecular complexity index is 727. The minimum Gasteiger partial charge on any atom is -0.345 e. The molecule has 3 rings (SSSR count). The topological polar surface area (TPSA) is 55.1 Å². The molecule has 1 amide bonds. The minimum absolute atomic E-state index is 0. The lowest BCUT2D eigenvalue weighted by atomic mass is 9.96. The van der Waals surface area contributed by atoms with Gasteiger partial charge in [-0.05, 0) is 61.9 Å². The summed E-state index contributed by atoms with van der Waals surface area (Å²) in [6.07, 6.45) is 2.25. The number of benzene rings is 1. The van der Waals surface area contributed by atoms with Crippen molar-refractivity contribution in [2.75, 3.05) is 6.54 Å². The highest BCUT2D eigenvalue weighted by Gasteiger charge is 2.41. The highest BCUT2D eigenvalue weighted by atomic mass is 35.5. The van der Waals surface area contributed by atoms with E-state index in [1.54, 1.807) is 12.1 Å². The summed E-state index contributed by atoms with van der Waals surface area (Å²) in [6.45, 7) is 4.43. The van der Waals surface area contributed by atoms with Crippen molar-refractivity contribution in [1.29, 1.82) is 0 Å². The number of rotatable bonds is 5. The molecule has 0 radical (unpaired) electrons. The monoisotopic (exact) mass is 368 g/mol. The average Bonchev–Trinajstić information content (AvgIpc) is 3.32.